The van der Waals surface area contributed by atoms with Crippen LogP contribution in [0.4, 0.5) is 0 Å². The zero-order chi connectivity index (χ0) is 6.53. The van der Waals surface area contributed by atoms with E-state index in [1.807, 2.05) is 21.6 Å². The first kappa shape index (κ1) is 7.76. The molecule has 0 bridgehead atoms. The van der Waals surface area contributed by atoms with Crippen LogP contribution in [0.3, 0.4) is 0 Å². The van der Waals surface area contributed by atoms with E-state index in [1.54, 1.807) is 0 Å². The van der Waals surface area contributed by atoms with Crippen molar-refractivity contribution in [2.75, 3.05) is 18.6 Å². The van der Waals surface area contributed by atoms with Gasteiger partial charge in [0.1, 0.15) is 0 Å². The van der Waals surface area contributed by atoms with Crippen LogP contribution < -0.4 is 5.32 Å². The van der Waals surface area contributed by atoms with Gasteiger partial charge < -0.3 is 5.32 Å². The van der Waals surface area contributed by atoms with Gasteiger partial charge in [0.15, 0.2) is 0 Å². The second-order valence-electron chi connectivity index (χ2n) is 2.24. The molecular formula is C6H13NS2. The van der Waals surface area contributed by atoms with E-state index in [1.165, 1.54) is 25.1 Å². The van der Waals surface area contributed by atoms with Gasteiger partial charge in [0.05, 0.1) is 0 Å². The molecule has 1 N–H and O–H groups in total. The van der Waals surface area contributed by atoms with Gasteiger partial charge in [0.25, 0.3) is 0 Å². The highest BCUT2D eigenvalue weighted by atomic mass is 33.1. The van der Waals surface area contributed by atoms with Crippen LogP contribution in [0.15, 0.2) is 0 Å². The molecule has 3 heteroatoms. The summed E-state index contributed by atoms with van der Waals surface area (Å²) in [5, 5.41) is 3.46. The lowest BCUT2D eigenvalue weighted by Gasteiger charge is -2.06. The predicted molar refractivity (Wildman–Crippen MR) is 47.0 cm³/mol. The predicted octanol–water partition coefficient (Wildman–Crippen LogP) is 1.75. The van der Waals surface area contributed by atoms with Gasteiger partial charge in [-0.3, -0.25) is 0 Å². The Morgan fingerprint density at radius 3 is 3.11 bits per heavy atom. The van der Waals surface area contributed by atoms with E-state index in [2.05, 4.69) is 11.6 Å². The first-order valence-corrected chi connectivity index (χ1v) is 6.05. The average molecular weight is 163 g/mol. The van der Waals surface area contributed by atoms with Crippen LogP contribution >= 0.6 is 21.6 Å². The highest BCUT2D eigenvalue weighted by molar-refractivity contribution is 8.76. The van der Waals surface area contributed by atoms with E-state index in [-0.39, 0.29) is 0 Å². The van der Waals surface area contributed by atoms with Crippen molar-refractivity contribution in [3.05, 3.63) is 0 Å². The molecule has 1 rings (SSSR count). The molecule has 0 aromatic carbocycles. The van der Waals surface area contributed by atoms with E-state index in [0.29, 0.717) is 0 Å². The van der Waals surface area contributed by atoms with E-state index < -0.39 is 0 Å². The topological polar surface area (TPSA) is 12.0 Å². The van der Waals surface area contributed by atoms with Crippen molar-refractivity contribution in [2.24, 2.45) is 0 Å². The molecule has 0 radical (unpaired) electrons. The van der Waals surface area contributed by atoms with Crippen LogP contribution in [0.5, 0.6) is 0 Å². The molecule has 1 nitrogen and oxygen atoms in total. The number of rotatable bonds is 3. The minimum Gasteiger partial charge on any atom is -0.313 e. The van der Waals surface area contributed by atoms with Gasteiger partial charge in [-0.05, 0) is 25.6 Å². The third kappa shape index (κ3) is 2.83. The van der Waals surface area contributed by atoms with Crippen LogP contribution in [0, 0.1) is 0 Å². The molecule has 1 heterocycles. The summed E-state index contributed by atoms with van der Waals surface area (Å²) in [5.41, 5.74) is 0. The minimum atomic E-state index is 0.808. The van der Waals surface area contributed by atoms with Crippen molar-refractivity contribution < 1.29 is 0 Å². The molecule has 1 aliphatic heterocycles. The molecule has 0 spiro atoms. The lowest BCUT2D eigenvalue weighted by Crippen LogP contribution is -2.23. The van der Waals surface area contributed by atoms with Crippen LogP contribution in [0.1, 0.15) is 12.8 Å². The summed E-state index contributed by atoms with van der Waals surface area (Å²) < 4.78 is 0. The molecule has 0 amide bonds. The van der Waals surface area contributed by atoms with Crippen LogP contribution in [-0.2, 0) is 0 Å². The van der Waals surface area contributed by atoms with Crippen molar-refractivity contribution in [2.45, 2.75) is 18.9 Å². The van der Waals surface area contributed by atoms with Gasteiger partial charge in [-0.15, -0.1) is 0 Å². The normalized spacial score (nSPS) is 27.0. The Morgan fingerprint density at radius 1 is 1.67 bits per heavy atom. The number of hydrogen-bond acceptors (Lipinski definition) is 3. The summed E-state index contributed by atoms with van der Waals surface area (Å²) >= 11 is 0. The molecule has 1 fully saturated rings. The van der Waals surface area contributed by atoms with Crippen molar-refractivity contribution in [3.8, 4) is 0 Å². The van der Waals surface area contributed by atoms with E-state index in [4.69, 9.17) is 0 Å². The highest BCUT2D eigenvalue weighted by Crippen LogP contribution is 2.20. The maximum Gasteiger partial charge on any atom is 0.0191 e. The zero-order valence-electron chi connectivity index (χ0n) is 5.72. The fourth-order valence-corrected chi connectivity index (χ4v) is 2.54. The quantitative estimate of drug-likeness (QED) is 0.637. The Bertz CT molecular complexity index is 71.5. The molecule has 1 saturated heterocycles. The molecular weight excluding hydrogens is 150 g/mol. The third-order valence-corrected chi connectivity index (χ3v) is 3.44. The summed E-state index contributed by atoms with van der Waals surface area (Å²) in [5.74, 6) is 1.28. The maximum atomic E-state index is 3.46. The zero-order valence-corrected chi connectivity index (χ0v) is 7.36. The van der Waals surface area contributed by atoms with Crippen molar-refractivity contribution in [1.29, 1.82) is 0 Å². The summed E-state index contributed by atoms with van der Waals surface area (Å²) in [6, 6.07) is 0.808. The monoisotopic (exact) mass is 163 g/mol. The van der Waals surface area contributed by atoms with Crippen molar-refractivity contribution >= 4 is 21.6 Å². The van der Waals surface area contributed by atoms with E-state index >= 15 is 0 Å². The highest BCUT2D eigenvalue weighted by Gasteiger charge is 2.12. The Balaban J connectivity index is 1.98. The van der Waals surface area contributed by atoms with Crippen LogP contribution in [-0.4, -0.2) is 24.6 Å². The van der Waals surface area contributed by atoms with Crippen LogP contribution in [0.25, 0.3) is 0 Å². The molecule has 9 heavy (non-hydrogen) atoms. The smallest absolute Gasteiger partial charge is 0.0191 e. The van der Waals surface area contributed by atoms with Gasteiger partial charge >= 0.3 is 0 Å². The second-order valence-corrected chi connectivity index (χ2v) is 4.85. The molecule has 1 unspecified atom stereocenters. The molecule has 0 saturated carbocycles. The molecule has 54 valence electrons. The SMILES string of the molecule is CSSCC1CCCN1. The van der Waals surface area contributed by atoms with Gasteiger partial charge in [0, 0.05) is 11.8 Å². The molecule has 0 aliphatic carbocycles. The van der Waals surface area contributed by atoms with Gasteiger partial charge in [-0.25, -0.2) is 0 Å². The summed E-state index contributed by atoms with van der Waals surface area (Å²) in [6.45, 7) is 1.24. The van der Waals surface area contributed by atoms with Gasteiger partial charge in [-0.1, -0.05) is 21.6 Å². The Morgan fingerprint density at radius 2 is 2.56 bits per heavy atom. The van der Waals surface area contributed by atoms with E-state index in [0.717, 1.165) is 6.04 Å². The van der Waals surface area contributed by atoms with Gasteiger partial charge in [-0.2, -0.15) is 0 Å². The van der Waals surface area contributed by atoms with Crippen molar-refractivity contribution in [1.82, 2.24) is 5.32 Å². The summed E-state index contributed by atoms with van der Waals surface area (Å²) in [7, 11) is 3.82. The molecule has 0 aromatic rings. The van der Waals surface area contributed by atoms with Crippen LogP contribution in [0.2, 0.25) is 0 Å². The maximum absolute atomic E-state index is 3.46. The third-order valence-electron chi connectivity index (χ3n) is 1.55. The first-order chi connectivity index (χ1) is 4.43. The molecule has 1 aliphatic rings. The molecule has 0 aromatic heterocycles. The Hall–Kier alpha value is 0.660. The minimum absolute atomic E-state index is 0.808. The number of nitrogens with one attached hydrogen (secondary N) is 1. The Kier molecular flexibility index (Phi) is 3.86. The fraction of sp³-hybridized carbons (Fsp3) is 1.00. The van der Waals surface area contributed by atoms with Crippen molar-refractivity contribution in [3.63, 3.8) is 0 Å². The fourth-order valence-electron chi connectivity index (χ4n) is 1.05. The first-order valence-electron chi connectivity index (χ1n) is 3.32. The van der Waals surface area contributed by atoms with E-state index in [9.17, 15) is 0 Å². The average Bonchev–Trinajstić information content (AvgIpc) is 2.34. The number of hydrogen-bond donors (Lipinski definition) is 1. The summed E-state index contributed by atoms with van der Waals surface area (Å²) in [4.78, 5) is 0. The lowest BCUT2D eigenvalue weighted by molar-refractivity contribution is 0.675. The van der Waals surface area contributed by atoms with Gasteiger partial charge in [0.2, 0.25) is 0 Å². The lowest BCUT2D eigenvalue weighted by atomic mass is 10.3. The Labute approximate surface area is 64.8 Å². The second kappa shape index (κ2) is 4.47. The summed E-state index contributed by atoms with van der Waals surface area (Å²) in [6.07, 6.45) is 4.90. The molecule has 1 atom stereocenters. The largest absolute Gasteiger partial charge is 0.313 e. The standard InChI is InChI=1S/C6H13NS2/c1-8-9-5-6-3-2-4-7-6/h6-7H,2-5H2,1H3.